The molecule has 128 valence electrons. The van der Waals surface area contributed by atoms with Gasteiger partial charge in [0.05, 0.1) is 6.33 Å². The van der Waals surface area contributed by atoms with E-state index < -0.39 is 0 Å². The van der Waals surface area contributed by atoms with Gasteiger partial charge in [-0.15, -0.1) is 0 Å². The number of hydrogen-bond acceptors (Lipinski definition) is 3. The number of pyridine rings is 1. The van der Waals surface area contributed by atoms with E-state index in [4.69, 9.17) is 0 Å². The number of likely N-dealkylation sites (tertiary alicyclic amines) is 1. The number of carbonyl (C=O) groups excluding carboxylic acids is 1. The molecule has 2 aromatic heterocycles. The summed E-state index contributed by atoms with van der Waals surface area (Å²) in [6.07, 6.45) is 8.60. The van der Waals surface area contributed by atoms with E-state index in [0.29, 0.717) is 35.5 Å². The summed E-state index contributed by atoms with van der Waals surface area (Å²) in [5.41, 5.74) is 1.65. The molecule has 1 aliphatic heterocycles. The van der Waals surface area contributed by atoms with Crippen molar-refractivity contribution in [1.29, 1.82) is 0 Å². The zero-order chi connectivity index (χ0) is 17.4. The van der Waals surface area contributed by atoms with Gasteiger partial charge in [-0.3, -0.25) is 9.78 Å². The van der Waals surface area contributed by atoms with Gasteiger partial charge < -0.3 is 9.47 Å². The van der Waals surface area contributed by atoms with Crippen molar-refractivity contribution in [2.24, 2.45) is 0 Å². The van der Waals surface area contributed by atoms with Crippen LogP contribution in [0.2, 0.25) is 0 Å². The fourth-order valence-corrected chi connectivity index (χ4v) is 3.61. The number of carbonyl (C=O) groups is 1. The Morgan fingerprint density at radius 1 is 1.12 bits per heavy atom. The molecule has 1 amide bonds. The van der Waals surface area contributed by atoms with Crippen molar-refractivity contribution in [3.63, 3.8) is 0 Å². The normalized spacial score (nSPS) is 15.7. The first-order chi connectivity index (χ1) is 12.1. The van der Waals surface area contributed by atoms with Crippen LogP contribution < -0.4 is 0 Å². The summed E-state index contributed by atoms with van der Waals surface area (Å²) in [4.78, 5) is 23.0. The minimum atomic E-state index is -0.330. The van der Waals surface area contributed by atoms with Gasteiger partial charge >= 0.3 is 0 Å². The van der Waals surface area contributed by atoms with Crippen LogP contribution in [0.25, 0.3) is 10.8 Å². The summed E-state index contributed by atoms with van der Waals surface area (Å²) in [7, 11) is 0. The average molecular weight is 338 g/mol. The van der Waals surface area contributed by atoms with Crippen molar-refractivity contribution >= 4 is 16.7 Å². The van der Waals surface area contributed by atoms with Gasteiger partial charge in [-0.25, -0.2) is 9.37 Å². The fourth-order valence-electron chi connectivity index (χ4n) is 3.61. The molecule has 0 radical (unpaired) electrons. The largest absolute Gasteiger partial charge is 0.338 e. The van der Waals surface area contributed by atoms with Crippen molar-refractivity contribution in [3.8, 4) is 0 Å². The lowest BCUT2D eigenvalue weighted by Gasteiger charge is -2.33. The monoisotopic (exact) mass is 338 g/mol. The number of nitrogens with zero attached hydrogens (tertiary/aromatic N) is 4. The van der Waals surface area contributed by atoms with Gasteiger partial charge in [0.25, 0.3) is 5.91 Å². The first kappa shape index (κ1) is 15.7. The lowest BCUT2D eigenvalue weighted by atomic mass is 10.0. The Morgan fingerprint density at radius 2 is 1.92 bits per heavy atom. The molecule has 5 nitrogen and oxygen atoms in total. The Morgan fingerprint density at radius 3 is 2.64 bits per heavy atom. The van der Waals surface area contributed by atoms with Crippen LogP contribution in [0.1, 0.15) is 34.9 Å². The maximum atomic E-state index is 14.0. The molecular formula is C19H19FN4O. The second-order valence-corrected chi connectivity index (χ2v) is 6.48. The van der Waals surface area contributed by atoms with Crippen LogP contribution >= 0.6 is 0 Å². The molecule has 1 saturated heterocycles. The van der Waals surface area contributed by atoms with E-state index in [9.17, 15) is 9.18 Å². The quantitative estimate of drug-likeness (QED) is 0.720. The number of aromatic nitrogens is 3. The molecule has 1 aromatic carbocycles. The lowest BCUT2D eigenvalue weighted by molar-refractivity contribution is 0.0696. The highest BCUT2D eigenvalue weighted by Gasteiger charge is 2.26. The SMILES string of the molecule is Cc1cncn1C1CCN(C(=O)c2ccc(F)c3ccncc23)CC1. The van der Waals surface area contributed by atoms with Crippen LogP contribution in [0.5, 0.6) is 0 Å². The van der Waals surface area contributed by atoms with E-state index in [1.165, 1.54) is 6.07 Å². The van der Waals surface area contributed by atoms with Crippen molar-refractivity contribution in [3.05, 3.63) is 60.2 Å². The predicted molar refractivity (Wildman–Crippen MR) is 92.8 cm³/mol. The van der Waals surface area contributed by atoms with E-state index in [-0.39, 0.29) is 11.7 Å². The summed E-state index contributed by atoms with van der Waals surface area (Å²) in [5.74, 6) is -0.387. The summed E-state index contributed by atoms with van der Waals surface area (Å²) in [5, 5.41) is 1.00. The molecule has 1 aliphatic rings. The summed E-state index contributed by atoms with van der Waals surface area (Å²) >= 11 is 0. The van der Waals surface area contributed by atoms with Gasteiger partial charge in [-0.2, -0.15) is 0 Å². The Bertz CT molecular complexity index is 928. The predicted octanol–water partition coefficient (Wildman–Crippen LogP) is 3.36. The smallest absolute Gasteiger partial charge is 0.254 e. The molecule has 0 atom stereocenters. The molecular weight excluding hydrogens is 319 g/mol. The highest BCUT2D eigenvalue weighted by atomic mass is 19.1. The van der Waals surface area contributed by atoms with Crippen molar-refractivity contribution in [2.45, 2.75) is 25.8 Å². The topological polar surface area (TPSA) is 51.0 Å². The molecule has 6 heteroatoms. The van der Waals surface area contributed by atoms with Crippen LogP contribution in [0.3, 0.4) is 0 Å². The molecule has 0 saturated carbocycles. The van der Waals surface area contributed by atoms with Crippen molar-refractivity contribution in [1.82, 2.24) is 19.4 Å². The molecule has 3 aromatic rings. The number of imidazole rings is 1. The molecule has 0 spiro atoms. The van der Waals surface area contributed by atoms with Crippen molar-refractivity contribution < 1.29 is 9.18 Å². The lowest BCUT2D eigenvalue weighted by Crippen LogP contribution is -2.39. The molecule has 0 unspecified atom stereocenters. The third-order valence-corrected chi connectivity index (χ3v) is 5.00. The number of fused-ring (bicyclic) bond motifs is 1. The van der Waals surface area contributed by atoms with E-state index >= 15 is 0 Å². The van der Waals surface area contributed by atoms with Crippen LogP contribution in [-0.4, -0.2) is 38.4 Å². The minimum absolute atomic E-state index is 0.0567. The Labute approximate surface area is 145 Å². The van der Waals surface area contributed by atoms with Crippen LogP contribution in [0, 0.1) is 12.7 Å². The van der Waals surface area contributed by atoms with Gasteiger partial charge in [0, 0.05) is 59.8 Å². The third kappa shape index (κ3) is 2.77. The zero-order valence-electron chi connectivity index (χ0n) is 14.0. The number of amides is 1. The van der Waals surface area contributed by atoms with Crippen LogP contribution in [0.4, 0.5) is 4.39 Å². The molecule has 3 heterocycles. The highest BCUT2D eigenvalue weighted by molar-refractivity contribution is 6.06. The van der Waals surface area contributed by atoms with Crippen LogP contribution in [-0.2, 0) is 0 Å². The number of rotatable bonds is 2. The van der Waals surface area contributed by atoms with E-state index in [1.807, 2.05) is 24.3 Å². The number of piperidine rings is 1. The Kier molecular flexibility index (Phi) is 3.95. The van der Waals surface area contributed by atoms with Gasteiger partial charge in [0.2, 0.25) is 0 Å². The Hall–Kier alpha value is -2.76. The van der Waals surface area contributed by atoms with Gasteiger partial charge in [0.15, 0.2) is 0 Å². The molecule has 0 bridgehead atoms. The minimum Gasteiger partial charge on any atom is -0.338 e. The summed E-state index contributed by atoms with van der Waals surface area (Å²) in [6, 6.07) is 4.90. The van der Waals surface area contributed by atoms with Gasteiger partial charge in [-0.05, 0) is 38.0 Å². The number of benzene rings is 1. The molecule has 25 heavy (non-hydrogen) atoms. The van der Waals surface area contributed by atoms with Crippen LogP contribution in [0.15, 0.2) is 43.1 Å². The first-order valence-corrected chi connectivity index (χ1v) is 8.45. The zero-order valence-corrected chi connectivity index (χ0v) is 14.0. The molecule has 0 aliphatic carbocycles. The van der Waals surface area contributed by atoms with Crippen molar-refractivity contribution in [2.75, 3.05) is 13.1 Å². The van der Waals surface area contributed by atoms with E-state index in [0.717, 1.165) is 18.5 Å². The van der Waals surface area contributed by atoms with E-state index in [1.54, 1.807) is 24.5 Å². The maximum Gasteiger partial charge on any atom is 0.254 e. The highest BCUT2D eigenvalue weighted by Crippen LogP contribution is 2.27. The number of aryl methyl sites for hydroxylation is 1. The van der Waals surface area contributed by atoms with Gasteiger partial charge in [0.1, 0.15) is 5.82 Å². The second-order valence-electron chi connectivity index (χ2n) is 6.48. The van der Waals surface area contributed by atoms with E-state index in [2.05, 4.69) is 14.5 Å². The molecule has 4 rings (SSSR count). The second kappa shape index (κ2) is 6.27. The average Bonchev–Trinajstić information content (AvgIpc) is 3.08. The summed E-state index contributed by atoms with van der Waals surface area (Å²) < 4.78 is 16.1. The molecule has 0 N–H and O–H groups in total. The number of hydrogen-bond donors (Lipinski definition) is 0. The van der Waals surface area contributed by atoms with Gasteiger partial charge in [-0.1, -0.05) is 0 Å². The first-order valence-electron chi connectivity index (χ1n) is 8.45. The third-order valence-electron chi connectivity index (χ3n) is 5.00. The summed E-state index contributed by atoms with van der Waals surface area (Å²) in [6.45, 7) is 3.41. The number of halogens is 1. The standard InChI is InChI=1S/C19H19FN4O/c1-13-10-22-12-24(13)14-5-8-23(9-6-14)19(25)16-2-3-18(20)15-4-7-21-11-17(15)16/h2-4,7,10-12,14H,5-6,8-9H2,1H3. The fraction of sp³-hybridized carbons (Fsp3) is 0.316. The molecule has 1 fully saturated rings. The Balaban J connectivity index is 1.55. The maximum absolute atomic E-state index is 14.0.